The van der Waals surface area contributed by atoms with Crippen LogP contribution in [-0.4, -0.2) is 10.5 Å². The van der Waals surface area contributed by atoms with Crippen molar-refractivity contribution in [3.8, 4) is 6.07 Å². The van der Waals surface area contributed by atoms with Crippen LogP contribution in [0.2, 0.25) is 5.02 Å². The van der Waals surface area contributed by atoms with E-state index in [1.807, 2.05) is 49.5 Å². The van der Waals surface area contributed by atoms with E-state index >= 15 is 0 Å². The maximum absolute atomic E-state index is 12.5. The second-order valence-corrected chi connectivity index (χ2v) is 6.38. The Morgan fingerprint density at radius 1 is 1.31 bits per heavy atom. The molecule has 1 amide bonds. The molecule has 0 aliphatic rings. The van der Waals surface area contributed by atoms with Crippen LogP contribution >= 0.6 is 11.6 Å². The van der Waals surface area contributed by atoms with Gasteiger partial charge in [-0.15, -0.1) is 0 Å². The van der Waals surface area contributed by atoms with Crippen molar-refractivity contribution in [2.45, 2.75) is 20.4 Å². The summed E-state index contributed by atoms with van der Waals surface area (Å²) < 4.78 is 2.09. The lowest BCUT2D eigenvalue weighted by atomic mass is 10.1. The number of amides is 1. The number of carbonyl (C=O) groups excluding carboxylic acids is 1. The minimum Gasteiger partial charge on any atom is -0.347 e. The number of para-hydroxylation sites is 1. The van der Waals surface area contributed by atoms with Crippen molar-refractivity contribution in [2.75, 3.05) is 5.32 Å². The van der Waals surface area contributed by atoms with E-state index < -0.39 is 5.91 Å². The summed E-state index contributed by atoms with van der Waals surface area (Å²) in [5.74, 6) is -0.458. The van der Waals surface area contributed by atoms with Crippen molar-refractivity contribution in [1.29, 1.82) is 5.26 Å². The Kier molecular flexibility index (Phi) is 5.11. The molecule has 5 heteroatoms. The summed E-state index contributed by atoms with van der Waals surface area (Å²) in [5.41, 5.74) is 3.44. The third kappa shape index (κ3) is 3.49. The fourth-order valence-electron chi connectivity index (χ4n) is 2.82. The summed E-state index contributed by atoms with van der Waals surface area (Å²) in [7, 11) is 0. The molecule has 1 aromatic heterocycles. The molecule has 4 nitrogen and oxygen atoms in total. The summed E-state index contributed by atoms with van der Waals surface area (Å²) in [6, 6.07) is 15.2. The summed E-state index contributed by atoms with van der Waals surface area (Å²) in [4.78, 5) is 12.5. The molecule has 2 aromatic carbocycles. The van der Waals surface area contributed by atoms with Gasteiger partial charge in [-0.1, -0.05) is 35.9 Å². The monoisotopic (exact) mass is 363 g/mol. The Bertz CT molecular complexity index is 1060. The van der Waals surface area contributed by atoms with E-state index in [1.165, 1.54) is 0 Å². The molecule has 26 heavy (non-hydrogen) atoms. The van der Waals surface area contributed by atoms with E-state index in [2.05, 4.69) is 16.8 Å². The molecule has 130 valence electrons. The zero-order valence-electron chi connectivity index (χ0n) is 14.6. The lowest BCUT2D eigenvalue weighted by Crippen LogP contribution is -2.13. The number of carbonyl (C=O) groups is 1. The molecule has 3 rings (SSSR count). The molecule has 0 bridgehead atoms. The SMILES string of the molecule is CCn1cc(/C=C(/C#N)C(=O)Nc2ccc(C)c(Cl)c2)c2ccccc21. The van der Waals surface area contributed by atoms with Crippen LogP contribution in [0.1, 0.15) is 18.1 Å². The standard InChI is InChI=1S/C21H18ClN3O/c1-3-25-13-16(18-6-4-5-7-20(18)25)10-15(12-23)21(26)24-17-9-8-14(2)19(22)11-17/h4-11,13H,3H2,1-2H3,(H,24,26)/b15-10-. The van der Waals surface area contributed by atoms with Crippen LogP contribution in [0.25, 0.3) is 17.0 Å². The number of aryl methyl sites for hydroxylation is 2. The van der Waals surface area contributed by atoms with Gasteiger partial charge >= 0.3 is 0 Å². The third-order valence-electron chi connectivity index (χ3n) is 4.25. The summed E-state index contributed by atoms with van der Waals surface area (Å²) in [6.07, 6.45) is 3.58. The molecule has 0 aliphatic carbocycles. The van der Waals surface area contributed by atoms with Crippen LogP contribution in [0.5, 0.6) is 0 Å². The maximum Gasteiger partial charge on any atom is 0.266 e. The Morgan fingerprint density at radius 2 is 2.08 bits per heavy atom. The van der Waals surface area contributed by atoms with Crippen molar-refractivity contribution >= 4 is 40.2 Å². The number of aromatic nitrogens is 1. The molecule has 0 fully saturated rings. The van der Waals surface area contributed by atoms with Crippen molar-refractivity contribution in [3.63, 3.8) is 0 Å². The number of benzene rings is 2. The lowest BCUT2D eigenvalue weighted by Gasteiger charge is -2.06. The van der Waals surface area contributed by atoms with Crippen LogP contribution in [-0.2, 0) is 11.3 Å². The molecule has 1 N–H and O–H groups in total. The largest absolute Gasteiger partial charge is 0.347 e. The first kappa shape index (κ1) is 17.8. The molecule has 0 spiro atoms. The highest BCUT2D eigenvalue weighted by molar-refractivity contribution is 6.31. The topological polar surface area (TPSA) is 57.8 Å². The molecule has 3 aromatic rings. The molecule has 0 saturated heterocycles. The first-order valence-corrected chi connectivity index (χ1v) is 8.68. The van der Waals surface area contributed by atoms with Gasteiger partial charge in [0.2, 0.25) is 0 Å². The van der Waals surface area contributed by atoms with E-state index in [0.29, 0.717) is 10.7 Å². The van der Waals surface area contributed by atoms with Crippen LogP contribution in [0.15, 0.2) is 54.2 Å². The van der Waals surface area contributed by atoms with Crippen LogP contribution in [0, 0.1) is 18.3 Å². The Morgan fingerprint density at radius 3 is 2.77 bits per heavy atom. The molecule has 0 radical (unpaired) electrons. The first-order chi connectivity index (χ1) is 12.5. The van der Waals surface area contributed by atoms with Gasteiger partial charge in [-0.3, -0.25) is 4.79 Å². The number of nitriles is 1. The van der Waals surface area contributed by atoms with Gasteiger partial charge < -0.3 is 9.88 Å². The predicted octanol–water partition coefficient (Wildman–Crippen LogP) is 5.17. The number of anilines is 1. The third-order valence-corrected chi connectivity index (χ3v) is 4.66. The van der Waals surface area contributed by atoms with E-state index in [4.69, 9.17) is 11.6 Å². The number of nitrogens with zero attached hydrogens (tertiary/aromatic N) is 2. The van der Waals surface area contributed by atoms with Gasteiger partial charge in [0.25, 0.3) is 5.91 Å². The number of hydrogen-bond donors (Lipinski definition) is 1. The first-order valence-electron chi connectivity index (χ1n) is 8.30. The summed E-state index contributed by atoms with van der Waals surface area (Å²) >= 11 is 6.09. The van der Waals surface area contributed by atoms with Gasteiger partial charge in [0.15, 0.2) is 0 Å². The van der Waals surface area contributed by atoms with Gasteiger partial charge in [-0.05, 0) is 43.7 Å². The number of fused-ring (bicyclic) bond motifs is 1. The van der Waals surface area contributed by atoms with Crippen LogP contribution < -0.4 is 5.32 Å². The minimum atomic E-state index is -0.458. The molecule has 0 saturated carbocycles. The number of rotatable bonds is 4. The lowest BCUT2D eigenvalue weighted by molar-refractivity contribution is -0.112. The highest BCUT2D eigenvalue weighted by Gasteiger charge is 2.13. The van der Waals surface area contributed by atoms with Crippen molar-refractivity contribution in [2.24, 2.45) is 0 Å². The molecule has 0 unspecified atom stereocenters. The average molecular weight is 364 g/mol. The summed E-state index contributed by atoms with van der Waals surface area (Å²) in [6.45, 7) is 4.75. The van der Waals surface area contributed by atoms with Crippen molar-refractivity contribution in [3.05, 3.63) is 70.4 Å². The normalized spacial score (nSPS) is 11.4. The zero-order valence-corrected chi connectivity index (χ0v) is 15.3. The van der Waals surface area contributed by atoms with Gasteiger partial charge in [-0.25, -0.2) is 0 Å². The fourth-order valence-corrected chi connectivity index (χ4v) is 3.01. The Balaban J connectivity index is 1.94. The quantitative estimate of drug-likeness (QED) is 0.513. The molecule has 0 aliphatic heterocycles. The van der Waals surface area contributed by atoms with Gasteiger partial charge in [0, 0.05) is 39.9 Å². The highest BCUT2D eigenvalue weighted by atomic mass is 35.5. The highest BCUT2D eigenvalue weighted by Crippen LogP contribution is 2.24. The Labute approximate surface area is 157 Å². The predicted molar refractivity (Wildman–Crippen MR) is 106 cm³/mol. The molecule has 0 atom stereocenters. The second kappa shape index (κ2) is 7.47. The number of nitrogens with one attached hydrogen (secondary N) is 1. The fraction of sp³-hybridized carbons (Fsp3) is 0.143. The van der Waals surface area contributed by atoms with Gasteiger partial charge in [-0.2, -0.15) is 5.26 Å². The zero-order chi connectivity index (χ0) is 18.7. The average Bonchev–Trinajstić information content (AvgIpc) is 3.00. The van der Waals surface area contributed by atoms with E-state index in [0.717, 1.165) is 28.6 Å². The number of halogens is 1. The number of hydrogen-bond acceptors (Lipinski definition) is 2. The molecular weight excluding hydrogens is 346 g/mol. The maximum atomic E-state index is 12.5. The van der Waals surface area contributed by atoms with Crippen LogP contribution in [0.3, 0.4) is 0 Å². The van der Waals surface area contributed by atoms with Crippen molar-refractivity contribution < 1.29 is 4.79 Å². The van der Waals surface area contributed by atoms with Gasteiger partial charge in [0.1, 0.15) is 11.6 Å². The van der Waals surface area contributed by atoms with E-state index in [1.54, 1.807) is 18.2 Å². The molecule has 1 heterocycles. The molecular formula is C21H18ClN3O. The summed E-state index contributed by atoms with van der Waals surface area (Å²) in [5, 5.41) is 13.8. The smallest absolute Gasteiger partial charge is 0.266 e. The van der Waals surface area contributed by atoms with E-state index in [-0.39, 0.29) is 5.57 Å². The second-order valence-electron chi connectivity index (χ2n) is 5.98. The Hall–Kier alpha value is -3.03. The van der Waals surface area contributed by atoms with Crippen LogP contribution in [0.4, 0.5) is 5.69 Å². The minimum absolute atomic E-state index is 0.0423. The van der Waals surface area contributed by atoms with E-state index in [9.17, 15) is 10.1 Å². The van der Waals surface area contributed by atoms with Crippen molar-refractivity contribution in [1.82, 2.24) is 4.57 Å². The van der Waals surface area contributed by atoms with Gasteiger partial charge in [0.05, 0.1) is 0 Å².